The summed E-state index contributed by atoms with van der Waals surface area (Å²) in [6, 6.07) is 1.07. The molecule has 1 atom stereocenters. The highest BCUT2D eigenvalue weighted by molar-refractivity contribution is 5.78. The molecule has 0 saturated carbocycles. The minimum atomic E-state index is -1.11. The summed E-state index contributed by atoms with van der Waals surface area (Å²) >= 11 is 0. The van der Waals surface area contributed by atoms with Crippen LogP contribution in [0.4, 0.5) is 15.8 Å². The maximum absolute atomic E-state index is 13.7. The molecule has 0 fully saturated rings. The number of carboxylic acid groups (broad SMARTS) is 1. The molecule has 0 aliphatic heterocycles. The van der Waals surface area contributed by atoms with E-state index < -0.39 is 22.8 Å². The van der Waals surface area contributed by atoms with Crippen LogP contribution in [0.5, 0.6) is 0 Å². The number of aliphatic carboxylic acids is 1. The Kier molecular flexibility index (Phi) is 4.42. The number of aryl methyl sites for hydroxylation is 1. The number of hydrogen-bond acceptors (Lipinski definition) is 4. The third-order valence-corrected chi connectivity index (χ3v) is 2.73. The quantitative estimate of drug-likeness (QED) is 0.633. The van der Waals surface area contributed by atoms with Gasteiger partial charge in [0.25, 0.3) is 5.69 Å². The fraction of sp³-hybridized carbons (Fsp3) is 0.417. The van der Waals surface area contributed by atoms with Crippen LogP contribution in [0.2, 0.25) is 0 Å². The van der Waals surface area contributed by atoms with Gasteiger partial charge in [-0.1, -0.05) is 13.8 Å². The Morgan fingerprint density at radius 2 is 2.05 bits per heavy atom. The van der Waals surface area contributed by atoms with Gasteiger partial charge >= 0.3 is 5.97 Å². The first kappa shape index (κ1) is 14.9. The lowest BCUT2D eigenvalue weighted by Gasteiger charge is -2.19. The van der Waals surface area contributed by atoms with E-state index in [0.29, 0.717) is 0 Å². The number of anilines is 1. The zero-order valence-electron chi connectivity index (χ0n) is 10.8. The van der Waals surface area contributed by atoms with Crippen molar-refractivity contribution in [1.82, 2.24) is 0 Å². The number of nitro groups is 1. The van der Waals surface area contributed by atoms with Crippen molar-refractivity contribution in [3.63, 3.8) is 0 Å². The molecule has 0 spiro atoms. The van der Waals surface area contributed by atoms with E-state index in [1.54, 1.807) is 13.8 Å². The summed E-state index contributed by atoms with van der Waals surface area (Å²) in [5.41, 5.74) is -0.120. The summed E-state index contributed by atoms with van der Waals surface area (Å²) in [6.07, 6.45) is 0. The number of nitro benzene ring substituents is 1. The van der Waals surface area contributed by atoms with E-state index in [4.69, 9.17) is 5.11 Å². The topological polar surface area (TPSA) is 92.5 Å². The first-order chi connectivity index (χ1) is 8.73. The SMILES string of the molecule is Cc1cc(N[C@H](C(=O)O)C(C)C)c(F)cc1[N+](=O)[O-]. The van der Waals surface area contributed by atoms with Crippen LogP contribution in [0.3, 0.4) is 0 Å². The van der Waals surface area contributed by atoms with Gasteiger partial charge in [-0.3, -0.25) is 10.1 Å². The molecular weight excluding hydrogens is 255 g/mol. The third kappa shape index (κ3) is 3.40. The fourth-order valence-corrected chi connectivity index (χ4v) is 1.66. The number of halogens is 1. The largest absolute Gasteiger partial charge is 0.480 e. The molecule has 0 bridgehead atoms. The Morgan fingerprint density at radius 3 is 2.47 bits per heavy atom. The summed E-state index contributed by atoms with van der Waals surface area (Å²) in [6.45, 7) is 4.83. The lowest BCUT2D eigenvalue weighted by atomic mass is 10.0. The van der Waals surface area contributed by atoms with Crippen molar-refractivity contribution in [2.24, 2.45) is 5.92 Å². The van der Waals surface area contributed by atoms with Crippen LogP contribution in [0.15, 0.2) is 12.1 Å². The van der Waals surface area contributed by atoms with Gasteiger partial charge in [0.05, 0.1) is 16.7 Å². The summed E-state index contributed by atoms with van der Waals surface area (Å²) in [4.78, 5) is 21.0. The first-order valence-corrected chi connectivity index (χ1v) is 5.68. The number of benzene rings is 1. The van der Waals surface area contributed by atoms with Crippen molar-refractivity contribution in [2.75, 3.05) is 5.32 Å². The monoisotopic (exact) mass is 270 g/mol. The van der Waals surface area contributed by atoms with Gasteiger partial charge in [0, 0.05) is 5.56 Å². The Hall–Kier alpha value is -2.18. The van der Waals surface area contributed by atoms with E-state index in [1.165, 1.54) is 13.0 Å². The van der Waals surface area contributed by atoms with Crippen molar-refractivity contribution in [2.45, 2.75) is 26.8 Å². The number of carboxylic acids is 1. The standard InChI is InChI=1S/C12H15FN2O4/c1-6(2)11(12(16)17)14-9-4-7(3)10(15(18)19)5-8(9)13/h4-6,11,14H,1-3H3,(H,16,17)/t11-/m0/s1. The highest BCUT2D eigenvalue weighted by Crippen LogP contribution is 2.26. The van der Waals surface area contributed by atoms with E-state index in [9.17, 15) is 19.3 Å². The van der Waals surface area contributed by atoms with E-state index in [2.05, 4.69) is 5.32 Å². The van der Waals surface area contributed by atoms with Gasteiger partial charge in [-0.15, -0.1) is 0 Å². The van der Waals surface area contributed by atoms with Crippen LogP contribution in [0.25, 0.3) is 0 Å². The fourth-order valence-electron chi connectivity index (χ4n) is 1.66. The second-order valence-corrected chi connectivity index (χ2v) is 4.58. The lowest BCUT2D eigenvalue weighted by Crippen LogP contribution is -2.34. The molecule has 0 aliphatic rings. The maximum atomic E-state index is 13.7. The van der Waals surface area contributed by atoms with E-state index >= 15 is 0 Å². The zero-order chi connectivity index (χ0) is 14.7. The molecule has 6 nitrogen and oxygen atoms in total. The van der Waals surface area contributed by atoms with Crippen molar-refractivity contribution in [3.05, 3.63) is 33.6 Å². The average molecular weight is 270 g/mol. The molecule has 0 radical (unpaired) electrons. The molecule has 1 aromatic rings. The highest BCUT2D eigenvalue weighted by Gasteiger charge is 2.24. The molecule has 19 heavy (non-hydrogen) atoms. The molecule has 0 aliphatic carbocycles. The number of hydrogen-bond donors (Lipinski definition) is 2. The average Bonchev–Trinajstić information content (AvgIpc) is 2.28. The molecular formula is C12H15FN2O4. The molecule has 1 rings (SSSR count). The second-order valence-electron chi connectivity index (χ2n) is 4.58. The highest BCUT2D eigenvalue weighted by atomic mass is 19.1. The second kappa shape index (κ2) is 5.64. The van der Waals surface area contributed by atoms with Crippen LogP contribution >= 0.6 is 0 Å². The normalized spacial score (nSPS) is 12.3. The van der Waals surface area contributed by atoms with Crippen LogP contribution < -0.4 is 5.32 Å². The number of rotatable bonds is 5. The van der Waals surface area contributed by atoms with Crippen LogP contribution in [0.1, 0.15) is 19.4 Å². The molecule has 2 N–H and O–H groups in total. The van der Waals surface area contributed by atoms with Gasteiger partial charge in [-0.25, -0.2) is 9.18 Å². The number of carbonyl (C=O) groups is 1. The molecule has 0 unspecified atom stereocenters. The Morgan fingerprint density at radius 1 is 1.47 bits per heavy atom. The van der Waals surface area contributed by atoms with E-state index in [1.807, 2.05) is 0 Å². The predicted molar refractivity (Wildman–Crippen MR) is 67.7 cm³/mol. The maximum Gasteiger partial charge on any atom is 0.326 e. The van der Waals surface area contributed by atoms with E-state index in [-0.39, 0.29) is 22.9 Å². The van der Waals surface area contributed by atoms with Crippen LogP contribution in [-0.4, -0.2) is 22.0 Å². The zero-order valence-corrected chi connectivity index (χ0v) is 10.8. The van der Waals surface area contributed by atoms with Gasteiger partial charge in [0.15, 0.2) is 5.82 Å². The van der Waals surface area contributed by atoms with Crippen molar-refractivity contribution < 1.29 is 19.2 Å². The van der Waals surface area contributed by atoms with Gasteiger partial charge in [0.1, 0.15) is 6.04 Å². The van der Waals surface area contributed by atoms with Gasteiger partial charge in [-0.2, -0.15) is 0 Å². The Labute approximate surface area is 109 Å². The molecule has 0 amide bonds. The van der Waals surface area contributed by atoms with Crippen molar-refractivity contribution in [1.29, 1.82) is 0 Å². The molecule has 104 valence electrons. The summed E-state index contributed by atoms with van der Waals surface area (Å²) in [5.74, 6) is -2.21. The summed E-state index contributed by atoms with van der Waals surface area (Å²) in [5, 5.41) is 22.2. The van der Waals surface area contributed by atoms with Gasteiger partial charge < -0.3 is 10.4 Å². The predicted octanol–water partition coefficient (Wildman–Crippen LogP) is 2.56. The van der Waals surface area contributed by atoms with E-state index in [0.717, 1.165) is 6.07 Å². The lowest BCUT2D eigenvalue weighted by molar-refractivity contribution is -0.385. The minimum absolute atomic E-state index is 0.0517. The Balaban J connectivity index is 3.12. The first-order valence-electron chi connectivity index (χ1n) is 5.68. The summed E-state index contributed by atoms with van der Waals surface area (Å²) in [7, 11) is 0. The Bertz CT molecular complexity index is 517. The molecule has 0 saturated heterocycles. The third-order valence-electron chi connectivity index (χ3n) is 2.73. The van der Waals surface area contributed by atoms with Crippen LogP contribution in [-0.2, 0) is 4.79 Å². The van der Waals surface area contributed by atoms with Crippen LogP contribution in [0, 0.1) is 28.8 Å². The van der Waals surface area contributed by atoms with Gasteiger partial charge in [0.2, 0.25) is 0 Å². The number of nitrogens with one attached hydrogen (secondary N) is 1. The number of nitrogens with zero attached hydrogens (tertiary/aromatic N) is 1. The summed E-state index contributed by atoms with van der Waals surface area (Å²) < 4.78 is 13.7. The molecule has 0 heterocycles. The minimum Gasteiger partial charge on any atom is -0.480 e. The smallest absolute Gasteiger partial charge is 0.326 e. The molecule has 1 aromatic carbocycles. The van der Waals surface area contributed by atoms with Crippen molar-refractivity contribution in [3.8, 4) is 0 Å². The molecule has 7 heteroatoms. The molecule has 0 aromatic heterocycles. The van der Waals surface area contributed by atoms with Crippen molar-refractivity contribution >= 4 is 17.3 Å². The van der Waals surface area contributed by atoms with Gasteiger partial charge in [-0.05, 0) is 18.9 Å².